The molecule has 1 aromatic heterocycles. The van der Waals surface area contributed by atoms with E-state index >= 15 is 0 Å². The lowest BCUT2D eigenvalue weighted by Crippen LogP contribution is -2.30. The van der Waals surface area contributed by atoms with Crippen LogP contribution in [0.3, 0.4) is 0 Å². The minimum absolute atomic E-state index is 0.00884. The third-order valence-electron chi connectivity index (χ3n) is 4.05. The zero-order valence-electron chi connectivity index (χ0n) is 16.0. The number of aromatic nitrogens is 2. The van der Waals surface area contributed by atoms with Crippen molar-refractivity contribution in [2.24, 2.45) is 0 Å². The Labute approximate surface area is 188 Å². The lowest BCUT2D eigenvalue weighted by molar-refractivity contribution is -0.142. The molecular weight excluding hydrogens is 525 g/mol. The summed E-state index contributed by atoms with van der Waals surface area (Å²) >= 11 is 6.76. The number of rotatable bonds is 7. The maximum atomic E-state index is 13.5. The monoisotopic (exact) mass is 541 g/mol. The number of nitrogens with one attached hydrogen (secondary N) is 2. The van der Waals surface area contributed by atoms with Gasteiger partial charge in [0.1, 0.15) is 5.75 Å². The highest BCUT2D eigenvalue weighted by Gasteiger charge is 2.19. The highest BCUT2D eigenvalue weighted by atomic mass is 79.9. The van der Waals surface area contributed by atoms with Crippen LogP contribution in [0.25, 0.3) is 11.0 Å². The van der Waals surface area contributed by atoms with E-state index in [1.165, 1.54) is 0 Å². The predicted octanol–water partition coefficient (Wildman–Crippen LogP) is 4.98. The first-order valence-electron chi connectivity index (χ1n) is 8.97. The number of carboxylic acids is 1. The van der Waals surface area contributed by atoms with Crippen LogP contribution in [0.2, 0.25) is 0 Å². The van der Waals surface area contributed by atoms with E-state index in [1.54, 1.807) is 30.3 Å². The largest absolute Gasteiger partial charge is 0.479 e. The molecule has 3 rings (SSSR count). The topological polar surface area (TPSA) is 104 Å². The molecule has 1 heterocycles. The molecule has 0 saturated heterocycles. The molecule has 3 aromatic rings. The standard InChI is InChI=1S/C20H18Br2FN3O4/c1-9(2)24-19(27)18-25-15-4-3-11(8-16(15)26-18)30-17-12(21)5-10(6-13(17)22)7-14(23)20(28)29/h3-6,8-9,14H,7H2,1-2H3,(H,24,27)(H,25,26)(H,28,29). The van der Waals surface area contributed by atoms with Gasteiger partial charge in [-0.1, -0.05) is 0 Å². The van der Waals surface area contributed by atoms with Crippen molar-refractivity contribution in [2.75, 3.05) is 0 Å². The van der Waals surface area contributed by atoms with Crippen LogP contribution >= 0.6 is 31.9 Å². The molecule has 7 nitrogen and oxygen atoms in total. The number of alkyl halides is 1. The minimum atomic E-state index is -1.99. The first-order valence-corrected chi connectivity index (χ1v) is 10.6. The SMILES string of the molecule is CC(C)NC(=O)c1nc2ccc(Oc3c(Br)cc(CC(F)C(=O)O)cc3Br)cc2[nH]1. The number of ether oxygens (including phenoxy) is 1. The second-order valence-electron chi connectivity index (χ2n) is 6.89. The maximum Gasteiger partial charge on any atom is 0.338 e. The molecule has 2 aromatic carbocycles. The van der Waals surface area contributed by atoms with E-state index in [9.17, 15) is 14.0 Å². The van der Waals surface area contributed by atoms with Crippen molar-refractivity contribution in [3.63, 3.8) is 0 Å². The van der Waals surface area contributed by atoms with E-state index in [1.807, 2.05) is 13.8 Å². The summed E-state index contributed by atoms with van der Waals surface area (Å²) in [6, 6.07) is 8.36. The number of amides is 1. The minimum Gasteiger partial charge on any atom is -0.479 e. The van der Waals surface area contributed by atoms with Gasteiger partial charge >= 0.3 is 5.97 Å². The first kappa shape index (κ1) is 22.2. The number of hydrogen-bond donors (Lipinski definition) is 3. The second-order valence-corrected chi connectivity index (χ2v) is 8.60. The van der Waals surface area contributed by atoms with Crippen molar-refractivity contribution in [3.8, 4) is 11.5 Å². The number of halogens is 3. The van der Waals surface area contributed by atoms with Crippen molar-refractivity contribution in [1.82, 2.24) is 15.3 Å². The van der Waals surface area contributed by atoms with Gasteiger partial charge in [0.05, 0.1) is 20.0 Å². The van der Waals surface area contributed by atoms with E-state index in [0.29, 0.717) is 37.0 Å². The quantitative estimate of drug-likeness (QED) is 0.390. The smallest absolute Gasteiger partial charge is 0.338 e. The predicted molar refractivity (Wildman–Crippen MR) is 117 cm³/mol. The van der Waals surface area contributed by atoms with Crippen LogP contribution in [0, 0.1) is 0 Å². The molecule has 10 heteroatoms. The Morgan fingerprint density at radius 1 is 1.23 bits per heavy atom. The van der Waals surface area contributed by atoms with Gasteiger partial charge in [-0.3, -0.25) is 4.79 Å². The van der Waals surface area contributed by atoms with Gasteiger partial charge in [-0.25, -0.2) is 14.2 Å². The summed E-state index contributed by atoms with van der Waals surface area (Å²) < 4.78 is 20.5. The summed E-state index contributed by atoms with van der Waals surface area (Å²) in [6.45, 7) is 3.73. The summed E-state index contributed by atoms with van der Waals surface area (Å²) in [4.78, 5) is 30.1. The number of carbonyl (C=O) groups excluding carboxylic acids is 1. The van der Waals surface area contributed by atoms with Crippen LogP contribution < -0.4 is 10.1 Å². The molecule has 158 valence electrons. The van der Waals surface area contributed by atoms with E-state index < -0.39 is 12.1 Å². The molecule has 0 aliphatic carbocycles. The molecule has 0 spiro atoms. The molecule has 1 atom stereocenters. The number of nitrogens with zero attached hydrogens (tertiary/aromatic N) is 1. The fourth-order valence-corrected chi connectivity index (χ4v) is 4.17. The van der Waals surface area contributed by atoms with Crippen LogP contribution in [0.1, 0.15) is 30.0 Å². The van der Waals surface area contributed by atoms with Gasteiger partial charge < -0.3 is 20.1 Å². The van der Waals surface area contributed by atoms with Crippen LogP contribution in [-0.4, -0.2) is 39.2 Å². The molecular formula is C20H18Br2FN3O4. The van der Waals surface area contributed by atoms with Crippen molar-refractivity contribution in [2.45, 2.75) is 32.5 Å². The number of imidazole rings is 1. The number of fused-ring (bicyclic) bond motifs is 1. The summed E-state index contributed by atoms with van der Waals surface area (Å²) in [6.07, 6.45) is -2.24. The molecule has 0 fully saturated rings. The molecule has 1 unspecified atom stereocenters. The third-order valence-corrected chi connectivity index (χ3v) is 5.23. The number of H-pyrrole nitrogens is 1. The third kappa shape index (κ3) is 5.17. The lowest BCUT2D eigenvalue weighted by atomic mass is 10.1. The molecule has 0 aliphatic heterocycles. The number of benzene rings is 2. The van der Waals surface area contributed by atoms with Crippen LogP contribution in [-0.2, 0) is 11.2 Å². The molecule has 1 amide bonds. The van der Waals surface area contributed by atoms with Gasteiger partial charge in [0.15, 0.2) is 11.6 Å². The van der Waals surface area contributed by atoms with Crippen LogP contribution in [0.15, 0.2) is 39.3 Å². The van der Waals surface area contributed by atoms with E-state index in [-0.39, 0.29) is 24.2 Å². The normalized spacial score (nSPS) is 12.2. The average molecular weight is 543 g/mol. The van der Waals surface area contributed by atoms with Crippen molar-refractivity contribution in [1.29, 1.82) is 0 Å². The molecule has 30 heavy (non-hydrogen) atoms. The van der Waals surface area contributed by atoms with Crippen LogP contribution in [0.5, 0.6) is 11.5 Å². The first-order chi connectivity index (χ1) is 14.1. The molecule has 3 N–H and O–H groups in total. The second kappa shape index (κ2) is 9.13. The molecule has 0 aliphatic rings. The van der Waals surface area contributed by atoms with Gasteiger partial charge in [-0.05, 0) is 75.5 Å². The van der Waals surface area contributed by atoms with Crippen molar-refractivity contribution < 1.29 is 23.8 Å². The zero-order chi connectivity index (χ0) is 22.0. The summed E-state index contributed by atoms with van der Waals surface area (Å²) in [5.74, 6) is -0.651. The Bertz CT molecular complexity index is 1090. The number of carboxylic acid groups (broad SMARTS) is 1. The van der Waals surface area contributed by atoms with Gasteiger partial charge in [-0.2, -0.15) is 0 Å². The van der Waals surface area contributed by atoms with E-state index in [2.05, 4.69) is 47.1 Å². The van der Waals surface area contributed by atoms with Crippen molar-refractivity contribution >= 4 is 54.8 Å². The average Bonchev–Trinajstić information content (AvgIpc) is 3.07. The summed E-state index contributed by atoms with van der Waals surface area (Å²) in [5.41, 5.74) is 1.75. The Kier molecular flexibility index (Phi) is 6.77. The Hall–Kier alpha value is -2.46. The molecule has 0 saturated carbocycles. The number of aromatic amines is 1. The number of aliphatic carboxylic acids is 1. The fourth-order valence-electron chi connectivity index (χ4n) is 2.73. The van der Waals surface area contributed by atoms with Gasteiger partial charge in [0.2, 0.25) is 6.17 Å². The van der Waals surface area contributed by atoms with Crippen LogP contribution in [0.4, 0.5) is 4.39 Å². The Morgan fingerprint density at radius 3 is 2.50 bits per heavy atom. The molecule has 0 radical (unpaired) electrons. The lowest BCUT2D eigenvalue weighted by Gasteiger charge is -2.12. The number of hydrogen-bond acceptors (Lipinski definition) is 4. The van der Waals surface area contributed by atoms with Gasteiger partial charge in [-0.15, -0.1) is 0 Å². The Balaban J connectivity index is 1.83. The fraction of sp³-hybridized carbons (Fsp3) is 0.250. The van der Waals surface area contributed by atoms with E-state index in [0.717, 1.165) is 0 Å². The summed E-state index contributed by atoms with van der Waals surface area (Å²) in [5, 5.41) is 11.5. The Morgan fingerprint density at radius 2 is 1.90 bits per heavy atom. The highest BCUT2D eigenvalue weighted by molar-refractivity contribution is 9.11. The van der Waals surface area contributed by atoms with Gasteiger partial charge in [0, 0.05) is 18.5 Å². The zero-order valence-corrected chi connectivity index (χ0v) is 19.2. The maximum absolute atomic E-state index is 13.5. The van der Waals surface area contributed by atoms with E-state index in [4.69, 9.17) is 9.84 Å². The molecule has 0 bridgehead atoms. The summed E-state index contributed by atoms with van der Waals surface area (Å²) in [7, 11) is 0. The van der Waals surface area contributed by atoms with Gasteiger partial charge in [0.25, 0.3) is 5.91 Å². The number of carbonyl (C=O) groups is 2. The van der Waals surface area contributed by atoms with Crippen molar-refractivity contribution in [3.05, 3.63) is 50.7 Å². The highest BCUT2D eigenvalue weighted by Crippen LogP contribution is 2.38.